The van der Waals surface area contributed by atoms with Gasteiger partial charge in [-0.3, -0.25) is 0 Å². The zero-order chi connectivity index (χ0) is 15.3. The van der Waals surface area contributed by atoms with Crippen LogP contribution in [-0.4, -0.2) is 20.7 Å². The van der Waals surface area contributed by atoms with E-state index in [4.69, 9.17) is 0 Å². The highest BCUT2D eigenvalue weighted by Crippen LogP contribution is 2.47. The molecule has 0 amide bonds. The van der Waals surface area contributed by atoms with Gasteiger partial charge in [-0.25, -0.2) is 9.07 Å². The molecule has 1 atom stereocenters. The maximum Gasteiger partial charge on any atom is 0.123 e. The van der Waals surface area contributed by atoms with Gasteiger partial charge in [0.1, 0.15) is 5.82 Å². The second-order valence-corrected chi connectivity index (χ2v) is 6.17. The van der Waals surface area contributed by atoms with Crippen molar-refractivity contribution >= 4 is 11.8 Å². The maximum absolute atomic E-state index is 13.1. The van der Waals surface area contributed by atoms with E-state index in [2.05, 4.69) is 23.3 Å². The van der Waals surface area contributed by atoms with Crippen LogP contribution in [0.5, 0.6) is 0 Å². The third-order valence-corrected chi connectivity index (χ3v) is 4.91. The molecule has 0 saturated heterocycles. The van der Waals surface area contributed by atoms with Gasteiger partial charge in [0.15, 0.2) is 0 Å². The van der Waals surface area contributed by atoms with Crippen LogP contribution in [0.25, 0.3) is 11.8 Å². The number of fused-ring (bicyclic) bond motifs is 2. The predicted octanol–water partition coefficient (Wildman–Crippen LogP) is 3.58. The Hall–Kier alpha value is -2.43. The van der Waals surface area contributed by atoms with Gasteiger partial charge in [0.25, 0.3) is 0 Å². The number of allylic oxidation sites excluding steroid dienone is 1. The lowest BCUT2D eigenvalue weighted by molar-refractivity contribution is 0.311. The number of nitrogens with zero attached hydrogens (tertiary/aromatic N) is 3. The highest BCUT2D eigenvalue weighted by atomic mass is 19.1. The monoisotopic (exact) mass is 297 g/mol. The van der Waals surface area contributed by atoms with Crippen molar-refractivity contribution in [2.45, 2.75) is 26.2 Å². The summed E-state index contributed by atoms with van der Waals surface area (Å²) in [6, 6.07) is 6.33. The Morgan fingerprint density at radius 2 is 2.05 bits per heavy atom. The van der Waals surface area contributed by atoms with E-state index in [-0.39, 0.29) is 11.2 Å². The molecule has 1 heterocycles. The Labute approximate surface area is 127 Å². The van der Waals surface area contributed by atoms with Gasteiger partial charge in [-0.05, 0) is 55.2 Å². The first kappa shape index (κ1) is 13.2. The number of halogens is 1. The summed E-state index contributed by atoms with van der Waals surface area (Å²) in [7, 11) is 0. The summed E-state index contributed by atoms with van der Waals surface area (Å²) < 4.78 is 14.9. The van der Waals surface area contributed by atoms with Crippen molar-refractivity contribution in [2.24, 2.45) is 10.6 Å². The first-order valence-corrected chi connectivity index (χ1v) is 7.37. The van der Waals surface area contributed by atoms with Gasteiger partial charge in [-0.15, -0.1) is 0 Å². The molecule has 1 aromatic heterocycles. The molecule has 0 aliphatic heterocycles. The number of hydrogen-bond acceptors (Lipinski definition) is 3. The molecular formula is C17H16FN3O. The second kappa shape index (κ2) is 4.53. The maximum atomic E-state index is 13.1. The molecule has 1 saturated carbocycles. The molecular weight excluding hydrogens is 281 g/mol. The number of benzene rings is 1. The van der Waals surface area contributed by atoms with Gasteiger partial charge in [-0.1, -0.05) is 17.7 Å². The van der Waals surface area contributed by atoms with E-state index < -0.39 is 0 Å². The smallest absolute Gasteiger partial charge is 0.123 e. The third kappa shape index (κ3) is 1.75. The van der Waals surface area contributed by atoms with Crippen molar-refractivity contribution < 1.29 is 9.60 Å². The lowest BCUT2D eigenvalue weighted by Crippen LogP contribution is -2.29. The summed E-state index contributed by atoms with van der Waals surface area (Å²) in [6.45, 7) is 2.12. The van der Waals surface area contributed by atoms with Gasteiger partial charge in [0, 0.05) is 5.41 Å². The fourth-order valence-corrected chi connectivity index (χ4v) is 3.61. The second-order valence-electron chi connectivity index (χ2n) is 6.17. The van der Waals surface area contributed by atoms with Crippen molar-refractivity contribution in [1.29, 1.82) is 0 Å². The zero-order valence-corrected chi connectivity index (χ0v) is 12.3. The van der Waals surface area contributed by atoms with Crippen LogP contribution >= 0.6 is 0 Å². The number of hydrogen-bond donors (Lipinski definition) is 1. The van der Waals surface area contributed by atoms with E-state index in [9.17, 15) is 9.60 Å². The summed E-state index contributed by atoms with van der Waals surface area (Å²) in [5, 5.41) is 17.2. The lowest BCUT2D eigenvalue weighted by atomic mass is 9.74. The van der Waals surface area contributed by atoms with Crippen LogP contribution in [0, 0.1) is 11.2 Å². The van der Waals surface area contributed by atoms with Gasteiger partial charge < -0.3 is 5.21 Å². The molecule has 1 aromatic carbocycles. The van der Waals surface area contributed by atoms with Crippen molar-refractivity contribution in [3.63, 3.8) is 0 Å². The van der Waals surface area contributed by atoms with Crippen molar-refractivity contribution in [3.05, 3.63) is 53.1 Å². The Bertz CT molecular complexity index is 804. The molecule has 22 heavy (non-hydrogen) atoms. The normalized spacial score (nSPS) is 25.0. The average Bonchev–Trinajstić information content (AvgIpc) is 3.05. The quantitative estimate of drug-likeness (QED) is 0.646. The molecule has 5 heteroatoms. The summed E-state index contributed by atoms with van der Waals surface area (Å²) in [4.78, 5) is 0. The number of aromatic nitrogens is 2. The summed E-state index contributed by atoms with van der Waals surface area (Å²) in [5.41, 5.74) is 4.93. The van der Waals surface area contributed by atoms with Crippen LogP contribution in [0.15, 0.2) is 41.2 Å². The Balaban J connectivity index is 1.82. The predicted molar refractivity (Wildman–Crippen MR) is 81.8 cm³/mol. The van der Waals surface area contributed by atoms with E-state index >= 15 is 0 Å². The fraction of sp³-hybridized carbons (Fsp3) is 0.294. The van der Waals surface area contributed by atoms with Crippen LogP contribution in [0.2, 0.25) is 0 Å². The largest absolute Gasteiger partial charge is 0.411 e. The van der Waals surface area contributed by atoms with Gasteiger partial charge in [0.05, 0.1) is 23.3 Å². The molecule has 1 fully saturated rings. The van der Waals surface area contributed by atoms with E-state index in [1.54, 1.807) is 12.1 Å². The fourth-order valence-electron chi connectivity index (χ4n) is 3.61. The van der Waals surface area contributed by atoms with Crippen molar-refractivity contribution in [3.8, 4) is 5.69 Å². The van der Waals surface area contributed by atoms with Gasteiger partial charge in [0.2, 0.25) is 0 Å². The number of rotatable bonds is 1. The minimum atomic E-state index is -0.254. The topological polar surface area (TPSA) is 50.4 Å². The van der Waals surface area contributed by atoms with E-state index in [0.717, 1.165) is 41.9 Å². The van der Waals surface area contributed by atoms with Crippen LogP contribution < -0.4 is 0 Å². The number of oxime groups is 1. The first-order valence-electron chi connectivity index (χ1n) is 7.37. The highest BCUT2D eigenvalue weighted by Gasteiger charge is 2.43. The molecule has 1 N–H and O–H groups in total. The molecule has 4 nitrogen and oxygen atoms in total. The van der Waals surface area contributed by atoms with Crippen molar-refractivity contribution in [2.75, 3.05) is 0 Å². The minimum Gasteiger partial charge on any atom is -0.411 e. The SMILES string of the molecule is C[C@]12Cc3cnn(-c4ccc(F)cc4)c3C=C1CC/C2=N\O. The lowest BCUT2D eigenvalue weighted by Gasteiger charge is -2.29. The highest BCUT2D eigenvalue weighted by molar-refractivity contribution is 5.97. The Morgan fingerprint density at radius 1 is 1.27 bits per heavy atom. The van der Waals surface area contributed by atoms with Crippen LogP contribution in [0.3, 0.4) is 0 Å². The Morgan fingerprint density at radius 3 is 2.77 bits per heavy atom. The van der Waals surface area contributed by atoms with Gasteiger partial charge in [-0.2, -0.15) is 5.10 Å². The van der Waals surface area contributed by atoms with Crippen LogP contribution in [-0.2, 0) is 6.42 Å². The minimum absolute atomic E-state index is 0.196. The zero-order valence-electron chi connectivity index (χ0n) is 12.3. The average molecular weight is 297 g/mol. The molecule has 0 spiro atoms. The molecule has 112 valence electrons. The summed E-state index contributed by atoms with van der Waals surface area (Å²) >= 11 is 0. The standard InChI is InChI=1S/C17H16FN3O/c1-17-9-11-10-19-21(14-5-3-13(18)4-6-14)15(11)8-12(17)2-7-16(17)20-22/h3-6,8,10,22H,2,7,9H2,1H3/b20-16+/t17-/m0/s1. The van der Waals surface area contributed by atoms with Crippen LogP contribution in [0.1, 0.15) is 31.0 Å². The summed E-state index contributed by atoms with van der Waals surface area (Å²) in [5.74, 6) is -0.254. The molecule has 0 bridgehead atoms. The first-order chi connectivity index (χ1) is 10.6. The van der Waals surface area contributed by atoms with Crippen LogP contribution in [0.4, 0.5) is 4.39 Å². The van der Waals surface area contributed by atoms with Crippen molar-refractivity contribution in [1.82, 2.24) is 9.78 Å². The molecule has 0 radical (unpaired) electrons. The van der Waals surface area contributed by atoms with E-state index in [0.29, 0.717) is 0 Å². The molecule has 4 rings (SSSR count). The molecule has 2 aromatic rings. The molecule has 0 unspecified atom stereocenters. The molecule has 2 aliphatic rings. The Kier molecular flexibility index (Phi) is 2.73. The molecule has 2 aliphatic carbocycles. The third-order valence-electron chi connectivity index (χ3n) is 4.91. The van der Waals surface area contributed by atoms with Gasteiger partial charge >= 0.3 is 0 Å². The summed E-state index contributed by atoms with van der Waals surface area (Å²) in [6.07, 6.45) is 6.49. The van der Waals surface area contributed by atoms with E-state index in [1.807, 2.05) is 10.9 Å². The van der Waals surface area contributed by atoms with E-state index in [1.165, 1.54) is 17.7 Å².